The number of nitrogens with zero attached hydrogens (tertiary/aromatic N) is 4. The van der Waals surface area contributed by atoms with Crippen molar-refractivity contribution in [1.29, 1.82) is 0 Å². The average molecular weight is 335 g/mol. The topological polar surface area (TPSA) is 80.2 Å². The highest BCUT2D eigenvalue weighted by molar-refractivity contribution is 5.94. The van der Waals surface area contributed by atoms with E-state index >= 15 is 0 Å². The fourth-order valence-electron chi connectivity index (χ4n) is 2.78. The number of fused-ring (bicyclic) bond motifs is 1. The molecule has 0 radical (unpaired) electrons. The Morgan fingerprint density at radius 3 is 2.60 bits per heavy atom. The van der Waals surface area contributed by atoms with Crippen LogP contribution in [0.2, 0.25) is 0 Å². The van der Waals surface area contributed by atoms with Crippen LogP contribution >= 0.6 is 0 Å². The van der Waals surface area contributed by atoms with Gasteiger partial charge in [0, 0.05) is 37.1 Å². The zero-order chi connectivity index (χ0) is 17.1. The van der Waals surface area contributed by atoms with Crippen LogP contribution in [-0.4, -0.2) is 52.1 Å². The van der Waals surface area contributed by atoms with Crippen molar-refractivity contribution >= 4 is 28.4 Å². The summed E-state index contributed by atoms with van der Waals surface area (Å²) in [7, 11) is 0. The van der Waals surface area contributed by atoms with Gasteiger partial charge in [0.25, 0.3) is 5.91 Å². The molecule has 1 aliphatic rings. The van der Waals surface area contributed by atoms with Gasteiger partial charge in [0.1, 0.15) is 0 Å². The maximum Gasteiger partial charge on any atom is 0.257 e. The van der Waals surface area contributed by atoms with E-state index in [9.17, 15) is 4.79 Å². The Bertz CT molecular complexity index is 886. The van der Waals surface area contributed by atoms with Gasteiger partial charge in [-0.05, 0) is 12.1 Å². The minimum Gasteiger partial charge on any atom is -0.378 e. The summed E-state index contributed by atoms with van der Waals surface area (Å²) in [5.41, 5.74) is 2.15. The van der Waals surface area contributed by atoms with E-state index in [4.69, 9.17) is 4.74 Å². The molecule has 1 aliphatic heterocycles. The highest BCUT2D eigenvalue weighted by atomic mass is 16.5. The van der Waals surface area contributed by atoms with E-state index in [0.29, 0.717) is 37.8 Å². The first-order valence-electron chi connectivity index (χ1n) is 8.11. The third-order valence-electron chi connectivity index (χ3n) is 4.08. The summed E-state index contributed by atoms with van der Waals surface area (Å²) in [6.07, 6.45) is 4.84. The average Bonchev–Trinajstić information content (AvgIpc) is 2.69. The van der Waals surface area contributed by atoms with Gasteiger partial charge in [0.05, 0.1) is 30.0 Å². The summed E-state index contributed by atoms with van der Waals surface area (Å²) >= 11 is 0. The lowest BCUT2D eigenvalue weighted by Gasteiger charge is -2.26. The van der Waals surface area contributed by atoms with E-state index in [2.05, 4.69) is 20.3 Å². The predicted molar refractivity (Wildman–Crippen MR) is 93.8 cm³/mol. The number of rotatable bonds is 3. The third-order valence-corrected chi connectivity index (χ3v) is 4.08. The second kappa shape index (κ2) is 6.82. The highest BCUT2D eigenvalue weighted by Crippen LogP contribution is 2.22. The number of nitrogens with one attached hydrogen (secondary N) is 1. The number of amides is 1. The molecule has 0 atom stereocenters. The lowest BCUT2D eigenvalue weighted by molar-refractivity contribution is 0.0302. The molecule has 4 rings (SSSR count). The molecule has 7 heteroatoms. The number of carbonyl (C=O) groups excluding carboxylic acids is 1. The number of aromatic nitrogens is 3. The molecule has 126 valence electrons. The number of ether oxygens (including phenoxy) is 1. The number of anilines is 2. The number of carbonyl (C=O) groups is 1. The Kier molecular flexibility index (Phi) is 4.22. The van der Waals surface area contributed by atoms with Gasteiger partial charge in [-0.3, -0.25) is 9.78 Å². The molecule has 1 fully saturated rings. The van der Waals surface area contributed by atoms with Gasteiger partial charge < -0.3 is 15.0 Å². The minimum absolute atomic E-state index is 0.0679. The molecule has 25 heavy (non-hydrogen) atoms. The maximum atomic E-state index is 12.4. The predicted octanol–water partition coefficient (Wildman–Crippen LogP) is 2.24. The number of hydrogen-bond acceptors (Lipinski definition) is 6. The van der Waals surface area contributed by atoms with Crippen molar-refractivity contribution in [3.63, 3.8) is 0 Å². The van der Waals surface area contributed by atoms with Crippen molar-refractivity contribution in [2.24, 2.45) is 0 Å². The number of pyridine rings is 1. The largest absolute Gasteiger partial charge is 0.378 e. The van der Waals surface area contributed by atoms with E-state index in [-0.39, 0.29) is 5.91 Å². The fourth-order valence-corrected chi connectivity index (χ4v) is 2.78. The molecule has 1 saturated heterocycles. The zero-order valence-electron chi connectivity index (χ0n) is 13.6. The first-order valence-corrected chi connectivity index (χ1v) is 8.11. The summed E-state index contributed by atoms with van der Waals surface area (Å²) < 4.78 is 5.27. The van der Waals surface area contributed by atoms with Gasteiger partial charge in [-0.2, -0.15) is 0 Å². The maximum absolute atomic E-state index is 12.4. The minimum atomic E-state index is -0.0679. The van der Waals surface area contributed by atoms with E-state index in [0.717, 1.165) is 16.6 Å². The van der Waals surface area contributed by atoms with Crippen LogP contribution in [0.3, 0.4) is 0 Å². The Labute approximate surface area is 144 Å². The quantitative estimate of drug-likeness (QED) is 0.791. The van der Waals surface area contributed by atoms with Crippen LogP contribution in [0, 0.1) is 0 Å². The molecule has 1 amide bonds. The summed E-state index contributed by atoms with van der Waals surface area (Å²) in [4.78, 5) is 27.1. The molecule has 0 unspecified atom stereocenters. The van der Waals surface area contributed by atoms with Crippen molar-refractivity contribution in [3.05, 3.63) is 54.5 Å². The van der Waals surface area contributed by atoms with E-state index in [1.54, 1.807) is 23.5 Å². The van der Waals surface area contributed by atoms with Crippen molar-refractivity contribution in [2.75, 3.05) is 31.6 Å². The molecule has 1 N–H and O–H groups in total. The van der Waals surface area contributed by atoms with Crippen LogP contribution in [0.25, 0.3) is 10.9 Å². The van der Waals surface area contributed by atoms with Crippen molar-refractivity contribution in [2.45, 2.75) is 0 Å². The molecular weight excluding hydrogens is 318 g/mol. The monoisotopic (exact) mass is 335 g/mol. The van der Waals surface area contributed by atoms with Gasteiger partial charge in [-0.1, -0.05) is 18.2 Å². The normalized spacial score (nSPS) is 14.5. The molecule has 3 aromatic rings. The summed E-state index contributed by atoms with van der Waals surface area (Å²) in [6, 6.07) is 9.76. The molecule has 0 aliphatic carbocycles. The summed E-state index contributed by atoms with van der Waals surface area (Å²) in [5.74, 6) is 0.360. The molecule has 0 bridgehead atoms. The van der Waals surface area contributed by atoms with Crippen molar-refractivity contribution < 1.29 is 9.53 Å². The smallest absolute Gasteiger partial charge is 0.257 e. The Morgan fingerprint density at radius 1 is 1.04 bits per heavy atom. The highest BCUT2D eigenvalue weighted by Gasteiger charge is 2.19. The van der Waals surface area contributed by atoms with Gasteiger partial charge in [0.2, 0.25) is 5.95 Å². The van der Waals surface area contributed by atoms with Crippen molar-refractivity contribution in [1.82, 2.24) is 19.9 Å². The molecular formula is C18H17N5O2. The van der Waals surface area contributed by atoms with E-state index in [1.165, 1.54) is 0 Å². The van der Waals surface area contributed by atoms with E-state index < -0.39 is 0 Å². The SMILES string of the molecule is O=C(c1cnc(Nc2cccc3cccnc23)nc1)N1CCOCC1. The van der Waals surface area contributed by atoms with Crippen LogP contribution in [0.15, 0.2) is 48.9 Å². The van der Waals surface area contributed by atoms with Crippen LogP contribution < -0.4 is 5.32 Å². The van der Waals surface area contributed by atoms with E-state index in [1.807, 2.05) is 30.3 Å². The van der Waals surface area contributed by atoms with Gasteiger partial charge in [-0.15, -0.1) is 0 Å². The van der Waals surface area contributed by atoms with Gasteiger partial charge >= 0.3 is 0 Å². The molecule has 0 saturated carbocycles. The van der Waals surface area contributed by atoms with Crippen LogP contribution in [0.5, 0.6) is 0 Å². The first kappa shape index (κ1) is 15.5. The molecule has 3 heterocycles. The summed E-state index contributed by atoms with van der Waals surface area (Å²) in [5, 5.41) is 4.20. The molecule has 0 spiro atoms. The second-order valence-corrected chi connectivity index (χ2v) is 5.71. The van der Waals surface area contributed by atoms with Crippen LogP contribution in [0.1, 0.15) is 10.4 Å². The number of para-hydroxylation sites is 1. The van der Waals surface area contributed by atoms with Crippen LogP contribution in [0.4, 0.5) is 11.6 Å². The lowest BCUT2D eigenvalue weighted by atomic mass is 10.2. The second-order valence-electron chi connectivity index (χ2n) is 5.71. The van der Waals surface area contributed by atoms with Gasteiger partial charge in [0.15, 0.2) is 0 Å². The third kappa shape index (κ3) is 3.27. The Balaban J connectivity index is 1.53. The van der Waals surface area contributed by atoms with Gasteiger partial charge in [-0.25, -0.2) is 9.97 Å². The standard InChI is InChI=1S/C18H17N5O2/c24-17(23-7-9-25-10-8-23)14-11-20-18(21-12-14)22-15-5-1-3-13-4-2-6-19-16(13)15/h1-6,11-12H,7-10H2,(H,20,21,22). The molecule has 1 aromatic carbocycles. The van der Waals surface area contributed by atoms with Crippen LogP contribution in [-0.2, 0) is 4.74 Å². The number of morpholine rings is 1. The molecule has 7 nitrogen and oxygen atoms in total. The number of hydrogen-bond donors (Lipinski definition) is 1. The Morgan fingerprint density at radius 2 is 1.80 bits per heavy atom. The molecule has 2 aromatic heterocycles. The zero-order valence-corrected chi connectivity index (χ0v) is 13.6. The fraction of sp³-hybridized carbons (Fsp3) is 0.222. The first-order chi connectivity index (χ1) is 12.3. The van der Waals surface area contributed by atoms with Crippen molar-refractivity contribution in [3.8, 4) is 0 Å². The lowest BCUT2D eigenvalue weighted by Crippen LogP contribution is -2.40. The summed E-state index contributed by atoms with van der Waals surface area (Å²) in [6.45, 7) is 2.33. The number of benzene rings is 1. The Hall–Kier alpha value is -3.06.